The van der Waals surface area contributed by atoms with Crippen molar-refractivity contribution in [1.29, 1.82) is 0 Å². The summed E-state index contributed by atoms with van der Waals surface area (Å²) in [5.41, 5.74) is 2.26. The third-order valence-electron chi connectivity index (χ3n) is 5.55. The number of para-hydroxylation sites is 2. The topological polar surface area (TPSA) is 116 Å². The number of nitrogens with one attached hydrogen (secondary N) is 1. The average molecular weight is 554 g/mol. The lowest BCUT2D eigenvalue weighted by Crippen LogP contribution is -2.17. The molecule has 4 aromatic rings. The van der Waals surface area contributed by atoms with Gasteiger partial charge in [0, 0.05) is 11.4 Å². The van der Waals surface area contributed by atoms with Crippen molar-refractivity contribution in [3.63, 3.8) is 0 Å². The number of hydrogen-bond acceptors (Lipinski definition) is 8. The van der Waals surface area contributed by atoms with E-state index in [9.17, 15) is 8.42 Å². The van der Waals surface area contributed by atoms with Crippen molar-refractivity contribution in [3.8, 4) is 28.9 Å². The predicted molar refractivity (Wildman–Crippen MR) is 147 cm³/mol. The average Bonchev–Trinajstić information content (AvgIpc) is 2.85. The molecule has 0 bridgehead atoms. The molecule has 0 aliphatic heterocycles. The van der Waals surface area contributed by atoms with Gasteiger partial charge in [0.2, 0.25) is 11.6 Å². The van der Waals surface area contributed by atoms with Gasteiger partial charge in [-0.05, 0) is 55.2 Å². The molecule has 38 heavy (non-hydrogen) atoms. The second kappa shape index (κ2) is 10.5. The number of rotatable bonds is 7. The molecule has 4 rings (SSSR count). The van der Waals surface area contributed by atoms with Crippen LogP contribution in [0.15, 0.2) is 59.5 Å². The summed E-state index contributed by atoms with van der Waals surface area (Å²) < 4.78 is 40.7. The second-order valence-electron chi connectivity index (χ2n) is 9.62. The highest BCUT2D eigenvalue weighted by molar-refractivity contribution is 7.92. The molecule has 0 radical (unpaired) electrons. The fraction of sp³-hybridized carbons (Fsp3) is 0.259. The third-order valence-corrected chi connectivity index (χ3v) is 7.16. The third kappa shape index (κ3) is 6.03. The Morgan fingerprint density at radius 2 is 1.42 bits per heavy atom. The molecule has 0 unspecified atom stereocenters. The van der Waals surface area contributed by atoms with Crippen LogP contribution in [-0.2, 0) is 15.4 Å². The molecule has 2 aromatic carbocycles. The van der Waals surface area contributed by atoms with Crippen LogP contribution in [-0.4, -0.2) is 35.5 Å². The molecule has 2 heterocycles. The smallest absolute Gasteiger partial charge is 0.263 e. The number of sulfonamides is 1. The van der Waals surface area contributed by atoms with Gasteiger partial charge in [-0.3, -0.25) is 4.72 Å². The summed E-state index contributed by atoms with van der Waals surface area (Å²) in [5.74, 6) is 0.675. The molecule has 0 aliphatic carbocycles. The van der Waals surface area contributed by atoms with Crippen molar-refractivity contribution >= 4 is 27.4 Å². The molecular weight excluding hydrogens is 526 g/mol. The minimum absolute atomic E-state index is 0.0370. The number of ether oxygens (including phenoxy) is 2. The number of aromatic nitrogens is 4. The monoisotopic (exact) mass is 553 g/mol. The maximum atomic E-state index is 13.4. The predicted octanol–water partition coefficient (Wildman–Crippen LogP) is 6.10. The summed E-state index contributed by atoms with van der Waals surface area (Å²) in [5, 5.41) is -0.135. The minimum Gasteiger partial charge on any atom is -0.493 e. The van der Waals surface area contributed by atoms with Gasteiger partial charge in [-0.15, -0.1) is 0 Å². The molecule has 0 atom stereocenters. The minimum atomic E-state index is -4.09. The van der Waals surface area contributed by atoms with Crippen LogP contribution >= 0.6 is 11.6 Å². The fourth-order valence-corrected chi connectivity index (χ4v) is 4.86. The van der Waals surface area contributed by atoms with E-state index >= 15 is 0 Å². The molecule has 0 amide bonds. The molecule has 11 heteroatoms. The van der Waals surface area contributed by atoms with E-state index in [-0.39, 0.29) is 38.7 Å². The van der Waals surface area contributed by atoms with Crippen LogP contribution in [0, 0.1) is 13.8 Å². The quantitative estimate of drug-likeness (QED) is 0.273. The number of hydrogen-bond donors (Lipinski definition) is 1. The lowest BCUT2D eigenvalue weighted by atomic mass is 9.87. The van der Waals surface area contributed by atoms with Crippen LogP contribution in [0.25, 0.3) is 11.6 Å². The van der Waals surface area contributed by atoms with Gasteiger partial charge in [0.1, 0.15) is 0 Å². The largest absolute Gasteiger partial charge is 0.493 e. The Labute approximate surface area is 227 Å². The summed E-state index contributed by atoms with van der Waals surface area (Å²) in [7, 11) is -2.60. The van der Waals surface area contributed by atoms with Crippen molar-refractivity contribution in [1.82, 2.24) is 19.9 Å². The number of methoxy groups -OCH3 is 1. The standard InChI is InChI=1S/C27H28ClN5O4S/c1-16-15-17(2)30-25(29-16)26-31-23(28)22(37-21-10-8-7-9-20(21)36-6)24(32-26)33-38(34,35)19-13-11-18(12-14-19)27(3,4)5/h7-15H,1-6H3,(H,31,32,33). The van der Waals surface area contributed by atoms with Crippen molar-refractivity contribution in [2.45, 2.75) is 44.9 Å². The molecule has 0 fully saturated rings. The molecule has 0 spiro atoms. The van der Waals surface area contributed by atoms with E-state index in [1.54, 1.807) is 54.6 Å². The van der Waals surface area contributed by atoms with Crippen LogP contribution in [0.2, 0.25) is 5.15 Å². The first-order valence-corrected chi connectivity index (χ1v) is 13.6. The van der Waals surface area contributed by atoms with Gasteiger partial charge in [-0.2, -0.15) is 0 Å². The van der Waals surface area contributed by atoms with E-state index in [0.717, 1.165) is 5.56 Å². The number of benzene rings is 2. The summed E-state index contributed by atoms with van der Waals surface area (Å²) in [6.45, 7) is 9.77. The summed E-state index contributed by atoms with van der Waals surface area (Å²) in [6, 6.07) is 15.3. The van der Waals surface area contributed by atoms with Gasteiger partial charge in [-0.25, -0.2) is 28.4 Å². The van der Waals surface area contributed by atoms with Crippen LogP contribution in [0.3, 0.4) is 0 Å². The number of aryl methyl sites for hydroxylation is 2. The highest BCUT2D eigenvalue weighted by Gasteiger charge is 2.25. The first-order valence-electron chi connectivity index (χ1n) is 11.7. The van der Waals surface area contributed by atoms with E-state index < -0.39 is 10.0 Å². The molecule has 2 aromatic heterocycles. The van der Waals surface area contributed by atoms with E-state index in [1.807, 2.05) is 13.8 Å². The molecule has 0 aliphatic rings. The molecule has 198 valence electrons. The van der Waals surface area contributed by atoms with Crippen molar-refractivity contribution in [3.05, 3.63) is 76.7 Å². The van der Waals surface area contributed by atoms with Gasteiger partial charge < -0.3 is 9.47 Å². The van der Waals surface area contributed by atoms with Crippen LogP contribution < -0.4 is 14.2 Å². The molecule has 0 saturated carbocycles. The zero-order chi connectivity index (χ0) is 27.7. The maximum Gasteiger partial charge on any atom is 0.263 e. The molecule has 9 nitrogen and oxygen atoms in total. The molecular formula is C27H28ClN5O4S. The van der Waals surface area contributed by atoms with Gasteiger partial charge in [0.25, 0.3) is 10.0 Å². The lowest BCUT2D eigenvalue weighted by Gasteiger charge is -2.19. The van der Waals surface area contributed by atoms with Gasteiger partial charge >= 0.3 is 0 Å². The van der Waals surface area contributed by atoms with Crippen molar-refractivity contribution in [2.75, 3.05) is 11.8 Å². The first-order chi connectivity index (χ1) is 17.9. The van der Waals surface area contributed by atoms with Gasteiger partial charge in [0.05, 0.1) is 12.0 Å². The Bertz CT molecular complexity index is 1570. The molecule has 0 saturated heterocycles. The first kappa shape index (κ1) is 27.3. The zero-order valence-electron chi connectivity index (χ0n) is 21.9. The van der Waals surface area contributed by atoms with Crippen LogP contribution in [0.5, 0.6) is 17.2 Å². The Balaban J connectivity index is 1.83. The summed E-state index contributed by atoms with van der Waals surface area (Å²) in [4.78, 5) is 17.5. The van der Waals surface area contributed by atoms with Crippen molar-refractivity contribution in [2.24, 2.45) is 0 Å². The Kier molecular flexibility index (Phi) is 7.57. The van der Waals surface area contributed by atoms with E-state index in [1.165, 1.54) is 7.11 Å². The Morgan fingerprint density at radius 3 is 2.00 bits per heavy atom. The van der Waals surface area contributed by atoms with Crippen LogP contribution in [0.1, 0.15) is 37.7 Å². The lowest BCUT2D eigenvalue weighted by molar-refractivity contribution is 0.378. The SMILES string of the molecule is COc1ccccc1Oc1c(Cl)nc(-c2nc(C)cc(C)n2)nc1NS(=O)(=O)c1ccc(C(C)(C)C)cc1. The Hall–Kier alpha value is -3.76. The highest BCUT2D eigenvalue weighted by Crippen LogP contribution is 2.40. The highest BCUT2D eigenvalue weighted by atomic mass is 35.5. The van der Waals surface area contributed by atoms with E-state index in [0.29, 0.717) is 22.9 Å². The van der Waals surface area contributed by atoms with Gasteiger partial charge in [-0.1, -0.05) is 56.6 Å². The second-order valence-corrected chi connectivity index (χ2v) is 11.7. The number of anilines is 1. The van der Waals surface area contributed by atoms with E-state index in [4.69, 9.17) is 21.1 Å². The Morgan fingerprint density at radius 1 is 0.842 bits per heavy atom. The van der Waals surface area contributed by atoms with Crippen molar-refractivity contribution < 1.29 is 17.9 Å². The van der Waals surface area contributed by atoms with Crippen LogP contribution in [0.4, 0.5) is 5.82 Å². The van der Waals surface area contributed by atoms with E-state index in [2.05, 4.69) is 45.4 Å². The normalized spacial score (nSPS) is 11.8. The van der Waals surface area contributed by atoms with Gasteiger partial charge in [0.15, 0.2) is 28.3 Å². The number of halogens is 1. The zero-order valence-corrected chi connectivity index (χ0v) is 23.5. The summed E-state index contributed by atoms with van der Waals surface area (Å²) in [6.07, 6.45) is 0. The molecule has 1 N–H and O–H groups in total. The summed E-state index contributed by atoms with van der Waals surface area (Å²) >= 11 is 6.55. The number of nitrogens with zero attached hydrogens (tertiary/aromatic N) is 4. The fourth-order valence-electron chi connectivity index (χ4n) is 3.64. The maximum absolute atomic E-state index is 13.4.